The molecule has 0 spiro atoms. The molecule has 74 valence electrons. The van der Waals surface area contributed by atoms with Gasteiger partial charge in [-0.25, -0.2) is 0 Å². The molecular weight excluding hydrogens is 172 g/mol. The Morgan fingerprint density at radius 1 is 1.54 bits per heavy atom. The van der Waals surface area contributed by atoms with Gasteiger partial charge in [-0.3, -0.25) is 14.6 Å². The molecule has 0 atom stereocenters. The van der Waals surface area contributed by atoms with Crippen LogP contribution in [0.15, 0.2) is 4.79 Å². The van der Waals surface area contributed by atoms with Crippen LogP contribution in [0.5, 0.6) is 5.88 Å². The second-order valence-corrected chi connectivity index (χ2v) is 3.18. The third-order valence-electron chi connectivity index (χ3n) is 1.87. The third kappa shape index (κ3) is 1.75. The largest absolute Gasteiger partial charge is 0.493 e. The number of hydrogen-bond donors (Lipinski definition) is 3. The zero-order chi connectivity index (χ0) is 10.0. The maximum Gasteiger partial charge on any atom is 0.271 e. The molecule has 5 heteroatoms. The Morgan fingerprint density at radius 2 is 2.15 bits per heavy atom. The lowest BCUT2D eigenvalue weighted by molar-refractivity contribution is 0.295. The Labute approximate surface area is 75.6 Å². The number of nitrogens with zero attached hydrogens (tertiary/aromatic N) is 1. The molecule has 1 aromatic rings. The highest BCUT2D eigenvalue weighted by Gasteiger charge is 2.14. The zero-order valence-corrected chi connectivity index (χ0v) is 7.74. The molecular formula is C8H14N2O3. The molecule has 0 aliphatic carbocycles. The van der Waals surface area contributed by atoms with Crippen LogP contribution in [-0.4, -0.2) is 26.6 Å². The van der Waals surface area contributed by atoms with E-state index in [1.165, 1.54) is 4.68 Å². The molecule has 0 aromatic carbocycles. The topological polar surface area (TPSA) is 78.2 Å². The molecule has 0 amide bonds. The van der Waals surface area contributed by atoms with Crippen molar-refractivity contribution in [3.63, 3.8) is 0 Å². The molecule has 1 heterocycles. The summed E-state index contributed by atoms with van der Waals surface area (Å²) in [5.41, 5.74) is -0.0866. The van der Waals surface area contributed by atoms with E-state index in [1.807, 2.05) is 13.8 Å². The van der Waals surface area contributed by atoms with E-state index in [4.69, 9.17) is 5.11 Å². The van der Waals surface area contributed by atoms with Gasteiger partial charge in [0.25, 0.3) is 5.56 Å². The number of aromatic nitrogens is 2. The lowest BCUT2D eigenvalue weighted by Crippen LogP contribution is -2.09. The second kappa shape index (κ2) is 3.66. The van der Waals surface area contributed by atoms with Crippen molar-refractivity contribution in [2.75, 3.05) is 6.61 Å². The summed E-state index contributed by atoms with van der Waals surface area (Å²) in [7, 11) is 0. The van der Waals surface area contributed by atoms with Gasteiger partial charge >= 0.3 is 0 Å². The number of hydrogen-bond acceptors (Lipinski definition) is 3. The van der Waals surface area contributed by atoms with Crippen LogP contribution < -0.4 is 5.56 Å². The Morgan fingerprint density at radius 3 is 2.54 bits per heavy atom. The summed E-state index contributed by atoms with van der Waals surface area (Å²) in [5.74, 6) is -0.0750. The fraction of sp³-hybridized carbons (Fsp3) is 0.625. The number of H-pyrrole nitrogens is 1. The van der Waals surface area contributed by atoms with Crippen molar-refractivity contribution in [2.45, 2.75) is 26.3 Å². The smallest absolute Gasteiger partial charge is 0.271 e. The zero-order valence-electron chi connectivity index (χ0n) is 7.74. The molecule has 0 saturated carbocycles. The van der Waals surface area contributed by atoms with E-state index in [1.54, 1.807) is 0 Å². The monoisotopic (exact) mass is 186 g/mol. The van der Waals surface area contributed by atoms with E-state index in [0.717, 1.165) is 0 Å². The third-order valence-corrected chi connectivity index (χ3v) is 1.87. The molecule has 1 aromatic heterocycles. The van der Waals surface area contributed by atoms with Crippen LogP contribution in [0.25, 0.3) is 0 Å². The predicted octanol–water partition coefficient (Wildman–Crippen LogP) is -0.00230. The number of nitrogens with one attached hydrogen (secondary N) is 1. The first-order valence-electron chi connectivity index (χ1n) is 4.21. The van der Waals surface area contributed by atoms with E-state index >= 15 is 0 Å². The van der Waals surface area contributed by atoms with E-state index in [0.29, 0.717) is 0 Å². The molecule has 13 heavy (non-hydrogen) atoms. The van der Waals surface area contributed by atoms with E-state index < -0.39 is 0 Å². The minimum Gasteiger partial charge on any atom is -0.493 e. The predicted molar refractivity (Wildman–Crippen MR) is 47.9 cm³/mol. The van der Waals surface area contributed by atoms with Crippen LogP contribution in [-0.2, 0) is 6.42 Å². The molecule has 1 rings (SSSR count). The normalized spacial score (nSPS) is 11.1. The van der Waals surface area contributed by atoms with Crippen LogP contribution in [0.3, 0.4) is 0 Å². The summed E-state index contributed by atoms with van der Waals surface area (Å²) in [6, 6.07) is 0.000132. The van der Waals surface area contributed by atoms with Crippen LogP contribution in [0.1, 0.15) is 25.5 Å². The number of rotatable bonds is 3. The van der Waals surface area contributed by atoms with Gasteiger partial charge in [-0.15, -0.1) is 0 Å². The van der Waals surface area contributed by atoms with E-state index in [2.05, 4.69) is 5.10 Å². The van der Waals surface area contributed by atoms with Crippen LogP contribution in [0.2, 0.25) is 0 Å². The van der Waals surface area contributed by atoms with Crippen molar-refractivity contribution >= 4 is 0 Å². The molecule has 3 N–H and O–H groups in total. The maximum absolute atomic E-state index is 11.2. The van der Waals surface area contributed by atoms with Crippen molar-refractivity contribution < 1.29 is 10.2 Å². The molecule has 0 radical (unpaired) electrons. The summed E-state index contributed by atoms with van der Waals surface area (Å²) in [6.45, 7) is 3.55. The minimum absolute atomic E-state index is 0.000132. The lowest BCUT2D eigenvalue weighted by Gasteiger charge is -2.07. The number of aromatic hydroxyl groups is 1. The summed E-state index contributed by atoms with van der Waals surface area (Å²) in [6.07, 6.45) is 0.181. The van der Waals surface area contributed by atoms with Crippen molar-refractivity contribution in [2.24, 2.45) is 0 Å². The Kier molecular flexibility index (Phi) is 2.77. The highest BCUT2D eigenvalue weighted by atomic mass is 16.3. The van der Waals surface area contributed by atoms with Gasteiger partial charge in [-0.1, -0.05) is 0 Å². The molecule has 0 bridgehead atoms. The fourth-order valence-electron chi connectivity index (χ4n) is 1.19. The van der Waals surface area contributed by atoms with Crippen LogP contribution in [0, 0.1) is 0 Å². The molecule has 0 aliphatic heterocycles. The van der Waals surface area contributed by atoms with Crippen LogP contribution in [0.4, 0.5) is 0 Å². The Hall–Kier alpha value is -1.23. The summed E-state index contributed by atoms with van der Waals surface area (Å²) < 4.78 is 1.38. The van der Waals surface area contributed by atoms with Crippen molar-refractivity contribution in [3.05, 3.63) is 15.9 Å². The fourth-order valence-corrected chi connectivity index (χ4v) is 1.19. The average Bonchev–Trinajstić information content (AvgIpc) is 2.32. The first-order valence-corrected chi connectivity index (χ1v) is 4.21. The van der Waals surface area contributed by atoms with Gasteiger partial charge in [0.05, 0.1) is 5.56 Å². The van der Waals surface area contributed by atoms with Crippen molar-refractivity contribution in [1.82, 2.24) is 9.78 Å². The highest BCUT2D eigenvalue weighted by Crippen LogP contribution is 2.16. The number of aliphatic hydroxyl groups excluding tert-OH is 1. The molecule has 5 nitrogen and oxygen atoms in total. The molecule has 0 aliphatic rings. The first kappa shape index (κ1) is 9.85. The van der Waals surface area contributed by atoms with Crippen molar-refractivity contribution in [1.29, 1.82) is 0 Å². The maximum atomic E-state index is 11.2. The van der Waals surface area contributed by atoms with Gasteiger partial charge < -0.3 is 10.2 Å². The minimum atomic E-state index is -0.333. The Balaban J connectivity index is 3.15. The quantitative estimate of drug-likeness (QED) is 0.621. The number of aliphatic hydroxyl groups is 1. The van der Waals surface area contributed by atoms with E-state index in [9.17, 15) is 9.90 Å². The number of aromatic amines is 1. The molecule has 0 saturated heterocycles. The lowest BCUT2D eigenvalue weighted by atomic mass is 10.2. The summed E-state index contributed by atoms with van der Waals surface area (Å²) >= 11 is 0. The Bertz CT molecular complexity index is 338. The van der Waals surface area contributed by atoms with Gasteiger partial charge in [0.15, 0.2) is 0 Å². The van der Waals surface area contributed by atoms with Gasteiger partial charge in [-0.2, -0.15) is 0 Å². The second-order valence-electron chi connectivity index (χ2n) is 3.18. The molecule has 0 unspecified atom stereocenters. The van der Waals surface area contributed by atoms with Gasteiger partial charge in [0.2, 0.25) is 5.88 Å². The van der Waals surface area contributed by atoms with E-state index in [-0.39, 0.29) is 36.1 Å². The van der Waals surface area contributed by atoms with Crippen molar-refractivity contribution in [3.8, 4) is 5.88 Å². The summed E-state index contributed by atoms with van der Waals surface area (Å²) in [4.78, 5) is 11.2. The first-order chi connectivity index (χ1) is 6.07. The van der Waals surface area contributed by atoms with Gasteiger partial charge in [0, 0.05) is 19.1 Å². The summed E-state index contributed by atoms with van der Waals surface area (Å²) in [5, 5.41) is 20.7. The van der Waals surface area contributed by atoms with Gasteiger partial charge in [-0.05, 0) is 13.8 Å². The SMILES string of the molecule is CC(C)n1[nH]c(=O)c(CCO)c1O. The standard InChI is InChI=1S/C8H14N2O3/c1-5(2)10-8(13)6(3-4-11)7(12)9-10/h5,11,13H,3-4H2,1-2H3,(H,9,12). The average molecular weight is 186 g/mol. The molecule has 0 fully saturated rings. The highest BCUT2D eigenvalue weighted by molar-refractivity contribution is 5.23. The van der Waals surface area contributed by atoms with Crippen LogP contribution >= 0.6 is 0 Å². The van der Waals surface area contributed by atoms with Gasteiger partial charge in [0.1, 0.15) is 0 Å².